The second kappa shape index (κ2) is 3.08. The summed E-state index contributed by atoms with van der Waals surface area (Å²) in [5, 5.41) is 17.0. The molecule has 0 unspecified atom stereocenters. The van der Waals surface area contributed by atoms with Gasteiger partial charge < -0.3 is 15.9 Å². The van der Waals surface area contributed by atoms with Crippen LogP contribution in [0.1, 0.15) is 6.85 Å². The van der Waals surface area contributed by atoms with Gasteiger partial charge in [-0.2, -0.15) is 0 Å². The van der Waals surface area contributed by atoms with E-state index in [0.717, 1.165) is 0 Å². The summed E-state index contributed by atoms with van der Waals surface area (Å²) in [7, 11) is 0. The molecule has 6 heavy (non-hydrogen) atoms. The molecule has 0 saturated carbocycles. The fourth-order valence-corrected chi connectivity index (χ4v) is 0.0250. The van der Waals surface area contributed by atoms with Crippen LogP contribution in [0.4, 0.5) is 0 Å². The quantitative estimate of drug-likeness (QED) is 0.384. The van der Waals surface area contributed by atoms with Crippen molar-refractivity contribution in [2.24, 2.45) is 5.73 Å². The van der Waals surface area contributed by atoms with Gasteiger partial charge in [0, 0.05) is 0 Å². The van der Waals surface area contributed by atoms with Gasteiger partial charge in [-0.25, -0.2) is 0 Å². The van der Waals surface area contributed by atoms with Crippen molar-refractivity contribution in [3.05, 3.63) is 0 Å². The summed E-state index contributed by atoms with van der Waals surface area (Å²) in [6.45, 7) is -6.60. The van der Waals surface area contributed by atoms with E-state index in [9.17, 15) is 0 Å². The van der Waals surface area contributed by atoms with Crippen molar-refractivity contribution in [2.75, 3.05) is 13.1 Å². The minimum absolute atomic E-state index is 3.10. The molecule has 0 spiro atoms. The second-order valence-electron chi connectivity index (χ2n) is 0.637. The Hall–Kier alpha value is -0.120. The number of hydrogen-bond donors (Lipinski definition) is 3. The highest BCUT2D eigenvalue weighted by molar-refractivity contribution is 4.52. The predicted molar refractivity (Wildman–Crippen MR) is 22.1 cm³/mol. The van der Waals surface area contributed by atoms with Crippen LogP contribution < -0.4 is 5.73 Å². The fourth-order valence-electron chi connectivity index (χ4n) is 0.0250. The van der Waals surface area contributed by atoms with Crippen LogP contribution in [0.3, 0.4) is 0 Å². The normalized spacial score (nSPS) is 28.8. The first kappa shape index (κ1) is 1.43. The average Bonchev–Trinajstić information content (AvgIpc) is 1.58. The van der Waals surface area contributed by atoms with Crippen LogP contribution in [0, 0.1) is 0 Å². The molecular formula is C3H9NO2. The molecule has 0 saturated heterocycles. The maximum atomic E-state index is 8.50. The highest BCUT2D eigenvalue weighted by Crippen LogP contribution is 1.66. The molecule has 0 aliphatic heterocycles. The Balaban J connectivity index is 4.75. The van der Waals surface area contributed by atoms with E-state index in [1.807, 2.05) is 0 Å². The molecule has 0 aliphatic carbocycles. The molecular weight excluding hydrogens is 82.0 g/mol. The summed E-state index contributed by atoms with van der Waals surface area (Å²) < 4.78 is 32.8. The fraction of sp³-hybridized carbons (Fsp3) is 1.00. The van der Waals surface area contributed by atoms with E-state index in [0.29, 0.717) is 0 Å². The smallest absolute Gasteiger partial charge is 0.0605 e. The Kier molecular flexibility index (Phi) is 0.738. The van der Waals surface area contributed by atoms with Gasteiger partial charge in [-0.15, -0.1) is 0 Å². The molecule has 0 aromatic heterocycles. The number of rotatable bonds is 2. The van der Waals surface area contributed by atoms with Crippen molar-refractivity contribution in [1.82, 2.24) is 0 Å². The van der Waals surface area contributed by atoms with E-state index in [2.05, 4.69) is 5.73 Å². The maximum Gasteiger partial charge on any atom is 0.0605 e. The third kappa shape index (κ3) is 2.14. The molecule has 4 N–H and O–H groups in total. The van der Waals surface area contributed by atoms with Crippen LogP contribution >= 0.6 is 0 Å². The molecule has 0 amide bonds. The SMILES string of the molecule is [2H]C([2H])(O)C([2H])(N)C([2H])([2H])O. The van der Waals surface area contributed by atoms with Crippen LogP contribution in [0.2, 0.25) is 0 Å². The summed E-state index contributed by atoms with van der Waals surface area (Å²) in [4.78, 5) is 0. The van der Waals surface area contributed by atoms with Gasteiger partial charge in [0.05, 0.1) is 26.0 Å². The van der Waals surface area contributed by atoms with Crippen LogP contribution in [-0.2, 0) is 0 Å². The topological polar surface area (TPSA) is 66.5 Å². The zero-order valence-corrected chi connectivity index (χ0v) is 2.97. The van der Waals surface area contributed by atoms with E-state index in [-0.39, 0.29) is 0 Å². The maximum absolute atomic E-state index is 8.50. The van der Waals surface area contributed by atoms with Crippen LogP contribution in [-0.4, -0.2) is 29.3 Å². The van der Waals surface area contributed by atoms with Gasteiger partial charge in [0.2, 0.25) is 0 Å². The molecule has 0 fully saturated rings. The van der Waals surface area contributed by atoms with E-state index in [1.165, 1.54) is 0 Å². The lowest BCUT2D eigenvalue weighted by Crippen LogP contribution is -2.27. The first-order valence-electron chi connectivity index (χ1n) is 3.74. The van der Waals surface area contributed by atoms with E-state index in [1.54, 1.807) is 0 Å². The molecule has 38 valence electrons. The summed E-state index contributed by atoms with van der Waals surface area (Å²) in [6.07, 6.45) is 0. The number of hydrogen-bond acceptors (Lipinski definition) is 3. The number of nitrogens with two attached hydrogens (primary N) is 1. The van der Waals surface area contributed by atoms with Crippen molar-refractivity contribution in [3.63, 3.8) is 0 Å². The molecule has 3 nitrogen and oxygen atoms in total. The largest absolute Gasteiger partial charge is 0.395 e. The summed E-state index contributed by atoms with van der Waals surface area (Å²) >= 11 is 0. The number of aliphatic hydroxyl groups is 2. The lowest BCUT2D eigenvalue weighted by molar-refractivity contribution is 0.194. The molecule has 0 aliphatic rings. The van der Waals surface area contributed by atoms with Crippen molar-refractivity contribution < 1.29 is 17.1 Å². The predicted octanol–water partition coefficient (Wildman–Crippen LogP) is -1.70. The Morgan fingerprint density at radius 2 is 2.17 bits per heavy atom. The Morgan fingerprint density at radius 1 is 1.83 bits per heavy atom. The molecule has 0 rings (SSSR count). The lowest BCUT2D eigenvalue weighted by atomic mass is 10.4. The third-order valence-corrected chi connectivity index (χ3v) is 0.241. The van der Waals surface area contributed by atoms with Crippen LogP contribution in [0.15, 0.2) is 0 Å². The average molecular weight is 96.1 g/mol. The Morgan fingerprint density at radius 3 is 2.17 bits per heavy atom. The third-order valence-electron chi connectivity index (χ3n) is 0.241. The monoisotopic (exact) mass is 96.1 g/mol. The molecule has 0 radical (unpaired) electrons. The molecule has 0 aromatic carbocycles. The zero-order valence-electron chi connectivity index (χ0n) is 7.97. The van der Waals surface area contributed by atoms with Crippen molar-refractivity contribution >= 4 is 0 Å². The van der Waals surface area contributed by atoms with Crippen molar-refractivity contribution in [3.8, 4) is 0 Å². The van der Waals surface area contributed by atoms with Gasteiger partial charge in [0.15, 0.2) is 0 Å². The van der Waals surface area contributed by atoms with E-state index in [4.69, 9.17) is 17.1 Å². The molecule has 3 heteroatoms. The summed E-state index contributed by atoms with van der Waals surface area (Å²) in [5.41, 5.74) is 4.69. The van der Waals surface area contributed by atoms with E-state index < -0.39 is 19.1 Å². The van der Waals surface area contributed by atoms with Gasteiger partial charge in [0.1, 0.15) is 0 Å². The molecule has 0 aromatic rings. The van der Waals surface area contributed by atoms with Crippen LogP contribution in [0.5, 0.6) is 0 Å². The minimum Gasteiger partial charge on any atom is -0.395 e. The van der Waals surface area contributed by atoms with Gasteiger partial charge in [-0.1, -0.05) is 0 Å². The highest BCUT2D eigenvalue weighted by atomic mass is 16.3. The standard InChI is InChI=1S/C3H9NO2/c4-3(1-5)2-6/h3,5-6H,1-2,4H2/i1D2,2D2,3D. The minimum atomic E-state index is -3.30. The first-order valence-corrected chi connectivity index (χ1v) is 1.24. The molecule has 0 heterocycles. The second-order valence-corrected chi connectivity index (χ2v) is 0.637. The van der Waals surface area contributed by atoms with Crippen LogP contribution in [0.25, 0.3) is 0 Å². The van der Waals surface area contributed by atoms with Crippen molar-refractivity contribution in [1.29, 1.82) is 0 Å². The van der Waals surface area contributed by atoms with E-state index >= 15 is 0 Å². The van der Waals surface area contributed by atoms with Gasteiger partial charge >= 0.3 is 0 Å². The summed E-state index contributed by atoms with van der Waals surface area (Å²) in [6, 6.07) is -3.10. The van der Waals surface area contributed by atoms with Gasteiger partial charge in [-0.3, -0.25) is 0 Å². The highest BCUT2D eigenvalue weighted by Gasteiger charge is 1.91. The molecule has 0 bridgehead atoms. The van der Waals surface area contributed by atoms with Gasteiger partial charge in [-0.05, 0) is 0 Å². The summed E-state index contributed by atoms with van der Waals surface area (Å²) in [5.74, 6) is 0. The first-order chi connectivity index (χ1) is 4.50. The zero-order chi connectivity index (χ0) is 9.50. The molecule has 0 atom stereocenters. The Bertz CT molecular complexity index is 131. The Labute approximate surface area is 43.4 Å². The lowest BCUT2D eigenvalue weighted by Gasteiger charge is -1.98. The van der Waals surface area contributed by atoms with Gasteiger partial charge in [0.25, 0.3) is 0 Å². The van der Waals surface area contributed by atoms with Crippen molar-refractivity contribution in [2.45, 2.75) is 6.02 Å².